The summed E-state index contributed by atoms with van der Waals surface area (Å²) in [6.45, 7) is 2.99. The summed E-state index contributed by atoms with van der Waals surface area (Å²) in [5, 5.41) is 8.66. The largest absolute Gasteiger partial charge is 0.483 e. The first-order valence-corrected chi connectivity index (χ1v) is 4.01. The quantitative estimate of drug-likeness (QED) is 0.753. The van der Waals surface area contributed by atoms with Gasteiger partial charge >= 0.3 is 0 Å². The summed E-state index contributed by atoms with van der Waals surface area (Å²) in [5.41, 5.74) is 0.172. The van der Waals surface area contributed by atoms with Crippen molar-refractivity contribution >= 4 is 0 Å². The van der Waals surface area contributed by atoms with Gasteiger partial charge in [0.15, 0.2) is 17.4 Å². The number of aliphatic hydroxyl groups excluding tert-OH is 1. The SMILES string of the molecule is C=CCOc1c(F)cc(CO)cc1F. The molecule has 1 N–H and O–H groups in total. The molecule has 4 heteroatoms. The van der Waals surface area contributed by atoms with E-state index in [9.17, 15) is 8.78 Å². The van der Waals surface area contributed by atoms with Crippen molar-refractivity contribution in [3.63, 3.8) is 0 Å². The van der Waals surface area contributed by atoms with Crippen molar-refractivity contribution in [3.8, 4) is 5.75 Å². The Balaban J connectivity index is 2.98. The molecule has 1 aromatic rings. The molecule has 76 valence electrons. The smallest absolute Gasteiger partial charge is 0.191 e. The molecule has 0 aromatic heterocycles. The molecule has 0 heterocycles. The van der Waals surface area contributed by atoms with E-state index in [2.05, 4.69) is 6.58 Å². The van der Waals surface area contributed by atoms with Crippen molar-refractivity contribution in [2.24, 2.45) is 0 Å². The van der Waals surface area contributed by atoms with E-state index < -0.39 is 24.0 Å². The molecule has 2 nitrogen and oxygen atoms in total. The molecule has 0 amide bonds. The summed E-state index contributed by atoms with van der Waals surface area (Å²) in [5.74, 6) is -2.09. The van der Waals surface area contributed by atoms with Crippen molar-refractivity contribution < 1.29 is 18.6 Å². The van der Waals surface area contributed by atoms with Crippen LogP contribution in [-0.4, -0.2) is 11.7 Å². The summed E-state index contributed by atoms with van der Waals surface area (Å²) in [6.07, 6.45) is 1.39. The summed E-state index contributed by atoms with van der Waals surface area (Å²) >= 11 is 0. The molecule has 1 rings (SSSR count). The summed E-state index contributed by atoms with van der Waals surface area (Å²) in [7, 11) is 0. The second-order valence-corrected chi connectivity index (χ2v) is 2.65. The van der Waals surface area contributed by atoms with E-state index in [1.54, 1.807) is 0 Å². The maximum absolute atomic E-state index is 13.1. The van der Waals surface area contributed by atoms with Gasteiger partial charge in [0.05, 0.1) is 6.61 Å². The van der Waals surface area contributed by atoms with Gasteiger partial charge in [-0.15, -0.1) is 0 Å². The first-order chi connectivity index (χ1) is 6.69. The van der Waals surface area contributed by atoms with Crippen LogP contribution in [-0.2, 0) is 6.61 Å². The Kier molecular flexibility index (Phi) is 3.59. The van der Waals surface area contributed by atoms with Gasteiger partial charge in [0.1, 0.15) is 6.61 Å². The number of hydrogen-bond acceptors (Lipinski definition) is 2. The number of aliphatic hydroxyl groups is 1. The van der Waals surface area contributed by atoms with E-state index in [1.165, 1.54) is 6.08 Å². The molecular weight excluding hydrogens is 190 g/mol. The average Bonchev–Trinajstić information content (AvgIpc) is 2.16. The van der Waals surface area contributed by atoms with Crippen molar-refractivity contribution in [1.82, 2.24) is 0 Å². The van der Waals surface area contributed by atoms with E-state index in [0.717, 1.165) is 12.1 Å². The molecule has 0 aliphatic carbocycles. The first kappa shape index (κ1) is 10.7. The monoisotopic (exact) mass is 200 g/mol. The second-order valence-electron chi connectivity index (χ2n) is 2.65. The summed E-state index contributed by atoms with van der Waals surface area (Å²) < 4.78 is 31.0. The standard InChI is InChI=1S/C10H10F2O2/c1-2-3-14-10-8(11)4-7(6-13)5-9(10)12/h2,4-5,13H,1,3,6H2. The van der Waals surface area contributed by atoms with E-state index in [1.807, 2.05) is 0 Å². The van der Waals surface area contributed by atoms with Gasteiger partial charge in [0.25, 0.3) is 0 Å². The molecule has 0 aliphatic heterocycles. The molecular formula is C10H10F2O2. The molecule has 0 atom stereocenters. The number of benzene rings is 1. The van der Waals surface area contributed by atoms with E-state index >= 15 is 0 Å². The number of halogens is 2. The predicted octanol–water partition coefficient (Wildman–Crippen LogP) is 2.02. The van der Waals surface area contributed by atoms with Crippen molar-refractivity contribution in [2.75, 3.05) is 6.61 Å². The second kappa shape index (κ2) is 4.72. The molecule has 0 fully saturated rings. The Hall–Kier alpha value is -1.42. The fourth-order valence-electron chi connectivity index (χ4n) is 0.984. The maximum atomic E-state index is 13.1. The van der Waals surface area contributed by atoms with Crippen LogP contribution >= 0.6 is 0 Å². The lowest BCUT2D eigenvalue weighted by atomic mass is 10.2. The van der Waals surface area contributed by atoms with Gasteiger partial charge in [-0.25, -0.2) is 8.78 Å². The minimum atomic E-state index is -0.823. The van der Waals surface area contributed by atoms with Crippen LogP contribution in [0.3, 0.4) is 0 Å². The zero-order chi connectivity index (χ0) is 10.6. The molecule has 0 spiro atoms. The zero-order valence-electron chi connectivity index (χ0n) is 7.46. The predicted molar refractivity (Wildman–Crippen MR) is 48.0 cm³/mol. The molecule has 0 aliphatic rings. The highest BCUT2D eigenvalue weighted by atomic mass is 19.1. The molecule has 0 radical (unpaired) electrons. The van der Waals surface area contributed by atoms with Gasteiger partial charge in [-0.1, -0.05) is 12.7 Å². The minimum absolute atomic E-state index is 0.0340. The third kappa shape index (κ3) is 2.29. The van der Waals surface area contributed by atoms with Crippen molar-refractivity contribution in [3.05, 3.63) is 42.0 Å². The first-order valence-electron chi connectivity index (χ1n) is 4.01. The number of hydrogen-bond donors (Lipinski definition) is 1. The topological polar surface area (TPSA) is 29.5 Å². The minimum Gasteiger partial charge on any atom is -0.483 e. The fourth-order valence-corrected chi connectivity index (χ4v) is 0.984. The van der Waals surface area contributed by atoms with Crippen molar-refractivity contribution in [1.29, 1.82) is 0 Å². The van der Waals surface area contributed by atoms with E-state index in [0.29, 0.717) is 0 Å². The highest BCUT2D eigenvalue weighted by Gasteiger charge is 2.11. The third-order valence-corrected chi connectivity index (χ3v) is 1.59. The Morgan fingerprint density at radius 1 is 1.36 bits per heavy atom. The zero-order valence-corrected chi connectivity index (χ0v) is 7.46. The lowest BCUT2D eigenvalue weighted by Crippen LogP contribution is -2.00. The van der Waals surface area contributed by atoms with Crippen LogP contribution in [0.1, 0.15) is 5.56 Å². The molecule has 0 saturated heterocycles. The lowest BCUT2D eigenvalue weighted by Gasteiger charge is -2.07. The summed E-state index contributed by atoms with van der Waals surface area (Å²) in [6, 6.07) is 2.06. The van der Waals surface area contributed by atoms with Gasteiger partial charge in [-0.2, -0.15) is 0 Å². The molecule has 0 saturated carbocycles. The molecule has 14 heavy (non-hydrogen) atoms. The Morgan fingerprint density at radius 2 is 1.93 bits per heavy atom. The van der Waals surface area contributed by atoms with Crippen LogP contribution in [0, 0.1) is 11.6 Å². The van der Waals surface area contributed by atoms with E-state index in [4.69, 9.17) is 9.84 Å². The van der Waals surface area contributed by atoms with Gasteiger partial charge in [-0.05, 0) is 17.7 Å². The normalized spacial score (nSPS) is 9.93. The van der Waals surface area contributed by atoms with Gasteiger partial charge < -0.3 is 9.84 Å². The van der Waals surface area contributed by atoms with Crippen LogP contribution in [0.4, 0.5) is 8.78 Å². The Bertz CT molecular complexity index is 314. The molecule has 0 unspecified atom stereocenters. The van der Waals surface area contributed by atoms with Crippen LogP contribution in [0.25, 0.3) is 0 Å². The maximum Gasteiger partial charge on any atom is 0.191 e. The summed E-state index contributed by atoms with van der Waals surface area (Å²) in [4.78, 5) is 0. The van der Waals surface area contributed by atoms with E-state index in [-0.39, 0.29) is 12.2 Å². The highest BCUT2D eigenvalue weighted by Crippen LogP contribution is 2.23. The fraction of sp³-hybridized carbons (Fsp3) is 0.200. The Labute approximate surface area is 80.4 Å². The van der Waals surface area contributed by atoms with Crippen LogP contribution in [0.5, 0.6) is 5.75 Å². The molecule has 1 aromatic carbocycles. The van der Waals surface area contributed by atoms with Crippen LogP contribution in [0.2, 0.25) is 0 Å². The number of ether oxygens (including phenoxy) is 1. The highest BCUT2D eigenvalue weighted by molar-refractivity contribution is 5.31. The van der Waals surface area contributed by atoms with Gasteiger partial charge in [0, 0.05) is 0 Å². The van der Waals surface area contributed by atoms with Gasteiger partial charge in [0.2, 0.25) is 0 Å². The Morgan fingerprint density at radius 3 is 2.36 bits per heavy atom. The average molecular weight is 200 g/mol. The van der Waals surface area contributed by atoms with Gasteiger partial charge in [-0.3, -0.25) is 0 Å². The number of rotatable bonds is 4. The van der Waals surface area contributed by atoms with Crippen LogP contribution in [0.15, 0.2) is 24.8 Å². The molecule has 0 bridgehead atoms. The lowest BCUT2D eigenvalue weighted by molar-refractivity contribution is 0.277. The third-order valence-electron chi connectivity index (χ3n) is 1.59. The van der Waals surface area contributed by atoms with Crippen LogP contribution < -0.4 is 4.74 Å². The van der Waals surface area contributed by atoms with Crippen molar-refractivity contribution in [2.45, 2.75) is 6.61 Å².